The van der Waals surface area contributed by atoms with Crippen LogP contribution in [0.5, 0.6) is 0 Å². The van der Waals surface area contributed by atoms with Gasteiger partial charge in [-0.05, 0) is 26.3 Å². The van der Waals surface area contributed by atoms with E-state index in [1.54, 1.807) is 0 Å². The normalized spacial score (nSPS) is 11.2. The van der Waals surface area contributed by atoms with Crippen molar-refractivity contribution in [2.75, 3.05) is 6.54 Å². The molecule has 3 heteroatoms. The van der Waals surface area contributed by atoms with Gasteiger partial charge in [-0.1, -0.05) is 52.4 Å². The van der Waals surface area contributed by atoms with Crippen LogP contribution in [0.15, 0.2) is 6.20 Å². The lowest BCUT2D eigenvalue weighted by molar-refractivity contribution is 0.515. The van der Waals surface area contributed by atoms with E-state index in [0.29, 0.717) is 0 Å². The Morgan fingerprint density at radius 2 is 1.70 bits per heavy atom. The van der Waals surface area contributed by atoms with Gasteiger partial charge in [0.25, 0.3) is 0 Å². The average Bonchev–Trinajstić information content (AvgIpc) is 2.80. The minimum absolute atomic E-state index is 0.955. The summed E-state index contributed by atoms with van der Waals surface area (Å²) in [6, 6.07) is 0. The van der Waals surface area contributed by atoms with Crippen molar-refractivity contribution in [2.24, 2.45) is 0 Å². The predicted molar refractivity (Wildman–Crippen MR) is 87.0 cm³/mol. The van der Waals surface area contributed by atoms with Gasteiger partial charge in [0.2, 0.25) is 0 Å². The van der Waals surface area contributed by atoms with Crippen LogP contribution >= 0.6 is 0 Å². The Morgan fingerprint density at radius 3 is 2.40 bits per heavy atom. The lowest BCUT2D eigenvalue weighted by Gasteiger charge is -2.06. The molecule has 0 unspecified atom stereocenters. The molecule has 1 rings (SSSR count). The topological polar surface area (TPSA) is 29.9 Å². The van der Waals surface area contributed by atoms with E-state index in [1.807, 2.05) is 6.20 Å². The molecule has 1 aromatic rings. The summed E-state index contributed by atoms with van der Waals surface area (Å²) in [6.45, 7) is 9.78. The highest BCUT2D eigenvalue weighted by atomic mass is 15.3. The standard InChI is InChI=1S/C17H33N3/c1-4-6-7-8-9-10-11-13-20-16(3)17(15-19-20)14-18-12-5-2/h15,18H,4-14H2,1-3H3. The number of aromatic nitrogens is 2. The first kappa shape index (κ1) is 17.2. The largest absolute Gasteiger partial charge is 0.313 e. The number of unbranched alkanes of at least 4 members (excludes halogenated alkanes) is 6. The van der Waals surface area contributed by atoms with Crippen molar-refractivity contribution in [1.82, 2.24) is 15.1 Å². The summed E-state index contributed by atoms with van der Waals surface area (Å²) in [5.41, 5.74) is 2.68. The van der Waals surface area contributed by atoms with Crippen LogP contribution in [0, 0.1) is 6.92 Å². The van der Waals surface area contributed by atoms with Crippen LogP contribution in [0.25, 0.3) is 0 Å². The van der Waals surface area contributed by atoms with Crippen LogP contribution in [0.3, 0.4) is 0 Å². The molecule has 0 radical (unpaired) electrons. The molecule has 0 bridgehead atoms. The van der Waals surface area contributed by atoms with Crippen molar-refractivity contribution in [2.45, 2.75) is 85.2 Å². The molecule has 1 N–H and O–H groups in total. The average molecular weight is 279 g/mol. The fraction of sp³-hybridized carbons (Fsp3) is 0.824. The van der Waals surface area contributed by atoms with Crippen LogP contribution in [0.2, 0.25) is 0 Å². The van der Waals surface area contributed by atoms with Gasteiger partial charge in [-0.3, -0.25) is 4.68 Å². The SMILES string of the molecule is CCCCCCCCCn1ncc(CNCCC)c1C. The van der Waals surface area contributed by atoms with Gasteiger partial charge in [-0.25, -0.2) is 0 Å². The molecule has 3 nitrogen and oxygen atoms in total. The molecule has 1 heterocycles. The number of nitrogens with zero attached hydrogens (tertiary/aromatic N) is 2. The molecule has 20 heavy (non-hydrogen) atoms. The molecule has 0 spiro atoms. The molecule has 0 saturated heterocycles. The monoisotopic (exact) mass is 279 g/mol. The summed E-state index contributed by atoms with van der Waals surface area (Å²) in [7, 11) is 0. The van der Waals surface area contributed by atoms with Gasteiger partial charge in [0.15, 0.2) is 0 Å². The number of hydrogen-bond acceptors (Lipinski definition) is 2. The summed E-state index contributed by atoms with van der Waals surface area (Å²) in [5, 5.41) is 7.97. The quantitative estimate of drug-likeness (QED) is 0.573. The van der Waals surface area contributed by atoms with Crippen LogP contribution in [-0.4, -0.2) is 16.3 Å². The van der Waals surface area contributed by atoms with Crippen molar-refractivity contribution in [3.05, 3.63) is 17.5 Å². The zero-order valence-electron chi connectivity index (χ0n) is 13.7. The molecule has 0 saturated carbocycles. The summed E-state index contributed by atoms with van der Waals surface area (Å²) >= 11 is 0. The molecule has 116 valence electrons. The Hall–Kier alpha value is -0.830. The van der Waals surface area contributed by atoms with Gasteiger partial charge >= 0.3 is 0 Å². The van der Waals surface area contributed by atoms with Crippen LogP contribution in [-0.2, 0) is 13.1 Å². The first-order valence-electron chi connectivity index (χ1n) is 8.51. The Bertz CT molecular complexity index is 344. The van der Waals surface area contributed by atoms with E-state index in [4.69, 9.17) is 0 Å². The second-order valence-electron chi connectivity index (χ2n) is 5.78. The molecular weight excluding hydrogens is 246 g/mol. The van der Waals surface area contributed by atoms with E-state index in [9.17, 15) is 0 Å². The molecule has 0 aliphatic rings. The van der Waals surface area contributed by atoms with Gasteiger partial charge in [0.05, 0.1) is 6.20 Å². The molecule has 0 fully saturated rings. The first-order chi connectivity index (χ1) is 9.79. The van der Waals surface area contributed by atoms with Gasteiger partial charge < -0.3 is 5.32 Å². The molecule has 0 aromatic carbocycles. The van der Waals surface area contributed by atoms with Crippen LogP contribution in [0.1, 0.15) is 76.5 Å². The predicted octanol–water partition coefficient (Wildman–Crippen LogP) is 4.44. The summed E-state index contributed by atoms with van der Waals surface area (Å²) < 4.78 is 2.18. The third-order valence-electron chi connectivity index (χ3n) is 3.92. The van der Waals surface area contributed by atoms with E-state index < -0.39 is 0 Å². The van der Waals surface area contributed by atoms with Gasteiger partial charge in [-0.15, -0.1) is 0 Å². The third-order valence-corrected chi connectivity index (χ3v) is 3.92. The summed E-state index contributed by atoms with van der Waals surface area (Å²) in [6.07, 6.45) is 12.7. The summed E-state index contributed by atoms with van der Waals surface area (Å²) in [4.78, 5) is 0. The highest BCUT2D eigenvalue weighted by Crippen LogP contribution is 2.11. The molecular formula is C17H33N3. The molecule has 0 aliphatic carbocycles. The fourth-order valence-electron chi connectivity index (χ4n) is 2.50. The van der Waals surface area contributed by atoms with E-state index in [0.717, 1.165) is 19.6 Å². The lowest BCUT2D eigenvalue weighted by atomic mass is 10.1. The third kappa shape index (κ3) is 6.56. The van der Waals surface area contributed by atoms with Crippen molar-refractivity contribution in [3.8, 4) is 0 Å². The van der Waals surface area contributed by atoms with E-state index in [-0.39, 0.29) is 0 Å². The minimum Gasteiger partial charge on any atom is -0.313 e. The number of nitrogens with one attached hydrogen (secondary N) is 1. The van der Waals surface area contributed by atoms with Crippen LogP contribution in [0.4, 0.5) is 0 Å². The summed E-state index contributed by atoms with van der Waals surface area (Å²) in [5.74, 6) is 0. The van der Waals surface area contributed by atoms with Gasteiger partial charge in [-0.2, -0.15) is 5.10 Å². The molecule has 1 aromatic heterocycles. The Balaban J connectivity index is 2.17. The maximum Gasteiger partial charge on any atom is 0.0537 e. The van der Waals surface area contributed by atoms with Crippen molar-refractivity contribution < 1.29 is 0 Å². The number of rotatable bonds is 12. The van der Waals surface area contributed by atoms with Crippen molar-refractivity contribution in [1.29, 1.82) is 0 Å². The van der Waals surface area contributed by atoms with Gasteiger partial charge in [0.1, 0.15) is 0 Å². The maximum atomic E-state index is 4.52. The first-order valence-corrected chi connectivity index (χ1v) is 8.51. The Kier molecular flexibility index (Phi) is 9.38. The Labute approximate surface area is 125 Å². The number of hydrogen-bond donors (Lipinski definition) is 1. The second kappa shape index (κ2) is 10.9. The second-order valence-corrected chi connectivity index (χ2v) is 5.78. The van der Waals surface area contributed by atoms with E-state index in [1.165, 1.54) is 62.6 Å². The van der Waals surface area contributed by atoms with E-state index in [2.05, 4.69) is 35.9 Å². The van der Waals surface area contributed by atoms with Gasteiger partial charge in [0, 0.05) is 24.3 Å². The molecule has 0 atom stereocenters. The Morgan fingerprint density at radius 1 is 1.00 bits per heavy atom. The zero-order valence-corrected chi connectivity index (χ0v) is 13.7. The minimum atomic E-state index is 0.955. The highest BCUT2D eigenvalue weighted by Gasteiger charge is 2.05. The van der Waals surface area contributed by atoms with Crippen LogP contribution < -0.4 is 5.32 Å². The number of aryl methyl sites for hydroxylation is 1. The van der Waals surface area contributed by atoms with Crippen molar-refractivity contribution in [3.63, 3.8) is 0 Å². The molecule has 0 amide bonds. The maximum absolute atomic E-state index is 4.52. The van der Waals surface area contributed by atoms with E-state index >= 15 is 0 Å². The fourth-order valence-corrected chi connectivity index (χ4v) is 2.50. The smallest absolute Gasteiger partial charge is 0.0537 e. The van der Waals surface area contributed by atoms with Crippen molar-refractivity contribution >= 4 is 0 Å². The molecule has 0 aliphatic heterocycles. The zero-order chi connectivity index (χ0) is 14.6. The highest BCUT2D eigenvalue weighted by molar-refractivity contribution is 5.15. The lowest BCUT2D eigenvalue weighted by Crippen LogP contribution is -2.14.